The minimum absolute atomic E-state index is 0.110. The van der Waals surface area contributed by atoms with Crippen LogP contribution in [-0.2, 0) is 4.79 Å². The van der Waals surface area contributed by atoms with Crippen molar-refractivity contribution in [2.24, 2.45) is 0 Å². The van der Waals surface area contributed by atoms with E-state index in [0.29, 0.717) is 10.3 Å². The molecule has 0 bridgehead atoms. The second-order valence-electron chi connectivity index (χ2n) is 7.89. The lowest BCUT2D eigenvalue weighted by Gasteiger charge is -2.37. The smallest absolute Gasteiger partial charge is 0.234 e. The Hall–Kier alpha value is -2.48. The van der Waals surface area contributed by atoms with Crippen LogP contribution in [0.25, 0.3) is 0 Å². The number of thioether (sulfide) groups is 1. The first-order chi connectivity index (χ1) is 15.9. The molecule has 0 radical (unpaired) electrons. The summed E-state index contributed by atoms with van der Waals surface area (Å²) in [6.07, 6.45) is 0. The van der Waals surface area contributed by atoms with Crippen LogP contribution < -0.4 is 15.1 Å². The van der Waals surface area contributed by atoms with Crippen molar-refractivity contribution in [3.8, 4) is 0 Å². The van der Waals surface area contributed by atoms with Crippen molar-refractivity contribution in [3.63, 3.8) is 0 Å². The van der Waals surface area contributed by atoms with E-state index in [4.69, 9.17) is 23.2 Å². The minimum Gasteiger partial charge on any atom is -0.367 e. The summed E-state index contributed by atoms with van der Waals surface area (Å²) in [6, 6.07) is 15.5. The number of nitrogens with zero attached hydrogens (tertiary/aromatic N) is 4. The number of para-hydroxylation sites is 1. The van der Waals surface area contributed by atoms with Gasteiger partial charge in [-0.25, -0.2) is 9.97 Å². The Balaban J connectivity index is 1.35. The normalized spacial score (nSPS) is 13.8. The molecule has 172 valence electrons. The maximum atomic E-state index is 12.4. The molecule has 1 N–H and O–H groups in total. The van der Waals surface area contributed by atoms with E-state index < -0.39 is 0 Å². The van der Waals surface area contributed by atoms with Crippen LogP contribution in [0.15, 0.2) is 53.7 Å². The molecular formula is C24H25Cl2N5OS. The van der Waals surface area contributed by atoms with Crippen molar-refractivity contribution < 1.29 is 4.79 Å². The van der Waals surface area contributed by atoms with E-state index >= 15 is 0 Å². The molecule has 1 fully saturated rings. The van der Waals surface area contributed by atoms with Gasteiger partial charge in [-0.3, -0.25) is 4.79 Å². The van der Waals surface area contributed by atoms with Crippen molar-refractivity contribution in [3.05, 3.63) is 69.8 Å². The molecule has 1 saturated heterocycles. The Bertz CT molecular complexity index is 1150. The molecular weight excluding hydrogens is 477 g/mol. The molecule has 1 amide bonds. The maximum Gasteiger partial charge on any atom is 0.234 e. The number of halogens is 2. The molecule has 9 heteroatoms. The second-order valence-corrected chi connectivity index (χ2v) is 9.63. The van der Waals surface area contributed by atoms with Crippen molar-refractivity contribution >= 4 is 58.1 Å². The zero-order chi connectivity index (χ0) is 23.4. The quantitative estimate of drug-likeness (QED) is 0.275. The molecule has 0 saturated carbocycles. The first kappa shape index (κ1) is 23.7. The zero-order valence-electron chi connectivity index (χ0n) is 18.5. The molecule has 0 atom stereocenters. The van der Waals surface area contributed by atoms with Crippen molar-refractivity contribution in [2.45, 2.75) is 19.0 Å². The SMILES string of the molecule is Cc1ccc(NC(=O)CSc2nc(Cl)cc(N3CCN(c4ccccc4Cl)CC3)n2)cc1C. The number of rotatable bonds is 6. The van der Waals surface area contributed by atoms with Crippen LogP contribution in [0.2, 0.25) is 10.2 Å². The molecule has 0 unspecified atom stereocenters. The number of carbonyl (C=O) groups is 1. The van der Waals surface area contributed by atoms with Crippen LogP contribution in [0.5, 0.6) is 0 Å². The number of anilines is 3. The lowest BCUT2D eigenvalue weighted by Crippen LogP contribution is -2.47. The highest BCUT2D eigenvalue weighted by Crippen LogP contribution is 2.28. The first-order valence-corrected chi connectivity index (χ1v) is 12.4. The monoisotopic (exact) mass is 501 g/mol. The average Bonchev–Trinajstić information content (AvgIpc) is 2.80. The molecule has 1 aromatic heterocycles. The van der Waals surface area contributed by atoms with Gasteiger partial charge >= 0.3 is 0 Å². The van der Waals surface area contributed by atoms with Gasteiger partial charge in [0.1, 0.15) is 11.0 Å². The van der Waals surface area contributed by atoms with Crippen molar-refractivity contribution in [1.82, 2.24) is 9.97 Å². The molecule has 6 nitrogen and oxygen atoms in total. The van der Waals surface area contributed by atoms with Crippen LogP contribution in [-0.4, -0.2) is 47.8 Å². The van der Waals surface area contributed by atoms with Gasteiger partial charge in [0, 0.05) is 37.9 Å². The van der Waals surface area contributed by atoms with Gasteiger partial charge < -0.3 is 15.1 Å². The van der Waals surface area contributed by atoms with Crippen molar-refractivity contribution in [2.75, 3.05) is 47.0 Å². The fourth-order valence-electron chi connectivity index (χ4n) is 3.64. The number of aromatic nitrogens is 2. The Kier molecular flexibility index (Phi) is 7.63. The number of amides is 1. The summed E-state index contributed by atoms with van der Waals surface area (Å²) in [5, 5.41) is 4.53. The van der Waals surface area contributed by atoms with E-state index in [1.807, 2.05) is 56.3 Å². The lowest BCUT2D eigenvalue weighted by atomic mass is 10.1. The van der Waals surface area contributed by atoms with E-state index in [0.717, 1.165) is 54.0 Å². The van der Waals surface area contributed by atoms with Gasteiger partial charge in [-0.15, -0.1) is 0 Å². The number of hydrogen-bond donors (Lipinski definition) is 1. The van der Waals surface area contributed by atoms with Gasteiger partial charge in [-0.05, 0) is 49.2 Å². The largest absolute Gasteiger partial charge is 0.367 e. The van der Waals surface area contributed by atoms with Gasteiger partial charge in [0.05, 0.1) is 16.5 Å². The third-order valence-corrected chi connectivity index (χ3v) is 6.94. The van der Waals surface area contributed by atoms with E-state index in [1.54, 1.807) is 6.07 Å². The number of nitrogens with one attached hydrogen (secondary N) is 1. The third kappa shape index (κ3) is 6.10. The zero-order valence-corrected chi connectivity index (χ0v) is 20.8. The highest BCUT2D eigenvalue weighted by atomic mass is 35.5. The first-order valence-electron chi connectivity index (χ1n) is 10.7. The predicted octanol–water partition coefficient (Wildman–Crippen LogP) is 5.46. The number of carbonyl (C=O) groups excluding carboxylic acids is 1. The summed E-state index contributed by atoms with van der Waals surface area (Å²) < 4.78 is 0. The summed E-state index contributed by atoms with van der Waals surface area (Å²) >= 11 is 13.9. The fourth-order valence-corrected chi connectivity index (χ4v) is 4.78. The lowest BCUT2D eigenvalue weighted by molar-refractivity contribution is -0.113. The molecule has 0 aliphatic carbocycles. The number of benzene rings is 2. The second kappa shape index (κ2) is 10.6. The molecule has 33 heavy (non-hydrogen) atoms. The van der Waals surface area contributed by atoms with Crippen LogP contribution in [0.4, 0.5) is 17.2 Å². The van der Waals surface area contributed by atoms with E-state index in [2.05, 4.69) is 25.1 Å². The molecule has 1 aliphatic rings. The van der Waals surface area contributed by atoms with Crippen molar-refractivity contribution in [1.29, 1.82) is 0 Å². The standard InChI is InChI=1S/C24H25Cl2N5OS/c1-16-7-8-18(13-17(16)2)27-23(32)15-33-24-28-21(26)14-22(29-24)31-11-9-30(10-12-31)20-6-4-3-5-19(20)25/h3-8,13-14H,9-12,15H2,1-2H3,(H,27,32). The van der Waals surface area contributed by atoms with Gasteiger partial charge in [-0.1, -0.05) is 53.2 Å². The van der Waals surface area contributed by atoms with E-state index in [1.165, 1.54) is 17.3 Å². The minimum atomic E-state index is -0.110. The Labute approximate surface area is 208 Å². The molecule has 2 heterocycles. The molecule has 3 aromatic rings. The highest BCUT2D eigenvalue weighted by molar-refractivity contribution is 7.99. The van der Waals surface area contributed by atoms with Gasteiger partial charge in [-0.2, -0.15) is 0 Å². The summed E-state index contributed by atoms with van der Waals surface area (Å²) in [7, 11) is 0. The Morgan fingerprint density at radius 3 is 2.42 bits per heavy atom. The average molecular weight is 502 g/mol. The van der Waals surface area contributed by atoms with Gasteiger partial charge in [0.2, 0.25) is 5.91 Å². The van der Waals surface area contributed by atoms with E-state index in [-0.39, 0.29) is 11.7 Å². The fraction of sp³-hybridized carbons (Fsp3) is 0.292. The third-order valence-electron chi connectivity index (χ3n) is 5.58. The van der Waals surface area contributed by atoms with Crippen LogP contribution >= 0.6 is 35.0 Å². The Morgan fingerprint density at radius 2 is 1.70 bits per heavy atom. The van der Waals surface area contributed by atoms with Gasteiger partial charge in [0.25, 0.3) is 0 Å². The predicted molar refractivity (Wildman–Crippen MR) is 138 cm³/mol. The number of hydrogen-bond acceptors (Lipinski definition) is 6. The maximum absolute atomic E-state index is 12.4. The molecule has 0 spiro atoms. The summed E-state index contributed by atoms with van der Waals surface area (Å²) in [6.45, 7) is 7.29. The van der Waals surface area contributed by atoms with Crippen LogP contribution in [0.1, 0.15) is 11.1 Å². The molecule has 2 aromatic carbocycles. The van der Waals surface area contributed by atoms with E-state index in [9.17, 15) is 4.79 Å². The summed E-state index contributed by atoms with van der Waals surface area (Å²) in [5.41, 5.74) is 4.16. The summed E-state index contributed by atoms with van der Waals surface area (Å²) in [4.78, 5) is 25.8. The van der Waals surface area contributed by atoms with Crippen LogP contribution in [0.3, 0.4) is 0 Å². The molecule has 4 rings (SSSR count). The Morgan fingerprint density at radius 1 is 0.970 bits per heavy atom. The summed E-state index contributed by atoms with van der Waals surface area (Å²) in [5.74, 6) is 0.861. The van der Waals surface area contributed by atoms with Crippen LogP contribution in [0, 0.1) is 13.8 Å². The molecule has 1 aliphatic heterocycles. The topological polar surface area (TPSA) is 61.4 Å². The number of aryl methyl sites for hydroxylation is 2. The van der Waals surface area contributed by atoms with Gasteiger partial charge in [0.15, 0.2) is 5.16 Å². The highest BCUT2D eigenvalue weighted by Gasteiger charge is 2.21. The number of piperazine rings is 1.